The van der Waals surface area contributed by atoms with E-state index < -0.39 is 6.10 Å². The van der Waals surface area contributed by atoms with E-state index in [1.807, 2.05) is 20.9 Å². The average Bonchev–Trinajstić information content (AvgIpc) is 2.27. The van der Waals surface area contributed by atoms with Crippen molar-refractivity contribution in [2.45, 2.75) is 32.7 Å². The fraction of sp³-hybridized carbons (Fsp3) is 1.00. The summed E-state index contributed by atoms with van der Waals surface area (Å²) in [5.74, 6) is 0. The summed E-state index contributed by atoms with van der Waals surface area (Å²) in [6.45, 7) is 7.01. The molecule has 0 saturated carbocycles. The Morgan fingerprint density at radius 2 is 1.76 bits per heavy atom. The number of rotatable bonds is 11. The molecule has 0 aromatic heterocycles. The van der Waals surface area contributed by atoms with Crippen LogP contribution in [0.2, 0.25) is 0 Å². The van der Waals surface area contributed by atoms with Crippen LogP contribution < -0.4 is 0 Å². The molecule has 0 rings (SSSR count). The Bertz CT molecular complexity index is 163. The number of aliphatic hydroxyl groups excluding tert-OH is 1. The number of nitrogens with zero attached hydrogens (tertiary/aromatic N) is 1. The van der Waals surface area contributed by atoms with E-state index in [1.54, 1.807) is 7.11 Å². The van der Waals surface area contributed by atoms with Gasteiger partial charge in [-0.2, -0.15) is 0 Å². The summed E-state index contributed by atoms with van der Waals surface area (Å²) in [4.78, 5) is 2.05. The third-order valence-corrected chi connectivity index (χ3v) is 2.33. The Hall–Kier alpha value is -0.200. The van der Waals surface area contributed by atoms with Gasteiger partial charge in [-0.15, -0.1) is 0 Å². The monoisotopic (exact) mass is 249 g/mol. The molecule has 0 aliphatic rings. The standard InChI is InChI=1S/C12H27NO4/c1-5-16-12(17-6-2)7-8-13(3)9-11(14)10-15-4/h11-12,14H,5-10H2,1-4H3. The van der Waals surface area contributed by atoms with Gasteiger partial charge in [0.1, 0.15) is 0 Å². The minimum atomic E-state index is -0.442. The zero-order valence-corrected chi connectivity index (χ0v) is 11.5. The number of aliphatic hydroxyl groups is 1. The van der Waals surface area contributed by atoms with Crippen LogP contribution in [-0.4, -0.2) is 69.5 Å². The number of ether oxygens (including phenoxy) is 3. The van der Waals surface area contributed by atoms with Gasteiger partial charge in [-0.05, 0) is 20.9 Å². The SMILES string of the molecule is CCOC(CCN(C)CC(O)COC)OCC. The highest BCUT2D eigenvalue weighted by molar-refractivity contribution is 4.61. The van der Waals surface area contributed by atoms with Crippen LogP contribution in [0, 0.1) is 0 Å². The van der Waals surface area contributed by atoms with Crippen molar-refractivity contribution >= 4 is 0 Å². The molecular weight excluding hydrogens is 222 g/mol. The smallest absolute Gasteiger partial charge is 0.158 e. The molecule has 5 heteroatoms. The number of hydrogen-bond acceptors (Lipinski definition) is 5. The molecular formula is C12H27NO4. The van der Waals surface area contributed by atoms with E-state index in [0.29, 0.717) is 26.4 Å². The van der Waals surface area contributed by atoms with Crippen molar-refractivity contribution in [1.82, 2.24) is 4.90 Å². The molecule has 0 amide bonds. The van der Waals surface area contributed by atoms with Crippen LogP contribution >= 0.6 is 0 Å². The fourth-order valence-corrected chi connectivity index (χ4v) is 1.61. The molecule has 104 valence electrons. The lowest BCUT2D eigenvalue weighted by atomic mass is 10.3. The maximum Gasteiger partial charge on any atom is 0.158 e. The molecule has 5 nitrogen and oxygen atoms in total. The Labute approximate surface area is 105 Å². The van der Waals surface area contributed by atoms with Crippen LogP contribution in [0.4, 0.5) is 0 Å². The van der Waals surface area contributed by atoms with Gasteiger partial charge in [0.05, 0.1) is 12.7 Å². The zero-order chi connectivity index (χ0) is 13.1. The topological polar surface area (TPSA) is 51.2 Å². The third kappa shape index (κ3) is 9.50. The second-order valence-corrected chi connectivity index (χ2v) is 4.00. The van der Waals surface area contributed by atoms with Gasteiger partial charge in [-0.3, -0.25) is 0 Å². The van der Waals surface area contributed by atoms with Gasteiger partial charge < -0.3 is 24.2 Å². The normalized spacial score (nSPS) is 13.6. The lowest BCUT2D eigenvalue weighted by Crippen LogP contribution is -2.34. The average molecular weight is 249 g/mol. The molecule has 0 bridgehead atoms. The van der Waals surface area contributed by atoms with E-state index in [-0.39, 0.29) is 6.29 Å². The summed E-state index contributed by atoms with van der Waals surface area (Å²) >= 11 is 0. The van der Waals surface area contributed by atoms with Gasteiger partial charge in [-0.25, -0.2) is 0 Å². The summed E-state index contributed by atoms with van der Waals surface area (Å²) in [5.41, 5.74) is 0. The zero-order valence-electron chi connectivity index (χ0n) is 11.5. The lowest BCUT2D eigenvalue weighted by molar-refractivity contribution is -0.141. The molecule has 0 aromatic carbocycles. The second kappa shape index (κ2) is 10.9. The summed E-state index contributed by atoms with van der Waals surface area (Å²) < 4.78 is 15.8. The van der Waals surface area contributed by atoms with Crippen molar-refractivity contribution in [3.05, 3.63) is 0 Å². The van der Waals surface area contributed by atoms with Crippen molar-refractivity contribution in [3.8, 4) is 0 Å². The van der Waals surface area contributed by atoms with Crippen molar-refractivity contribution in [3.63, 3.8) is 0 Å². The Morgan fingerprint density at radius 1 is 1.18 bits per heavy atom. The highest BCUT2D eigenvalue weighted by Crippen LogP contribution is 2.03. The molecule has 0 aliphatic heterocycles. The van der Waals surface area contributed by atoms with Crippen molar-refractivity contribution in [1.29, 1.82) is 0 Å². The predicted molar refractivity (Wildman–Crippen MR) is 67.0 cm³/mol. The summed E-state index contributed by atoms with van der Waals surface area (Å²) in [5, 5.41) is 9.56. The van der Waals surface area contributed by atoms with Gasteiger partial charge in [0.15, 0.2) is 6.29 Å². The molecule has 0 saturated heterocycles. The first-order valence-electron chi connectivity index (χ1n) is 6.22. The quantitative estimate of drug-likeness (QED) is 0.547. The van der Waals surface area contributed by atoms with Crippen molar-refractivity contribution < 1.29 is 19.3 Å². The molecule has 1 unspecified atom stereocenters. The summed E-state index contributed by atoms with van der Waals surface area (Å²) in [6.07, 6.45) is 0.215. The van der Waals surface area contributed by atoms with E-state index in [0.717, 1.165) is 13.0 Å². The molecule has 0 spiro atoms. The van der Waals surface area contributed by atoms with Gasteiger partial charge in [0.25, 0.3) is 0 Å². The summed E-state index contributed by atoms with van der Waals surface area (Å²) in [6, 6.07) is 0. The number of methoxy groups -OCH3 is 1. The Kier molecular flexibility index (Phi) is 10.8. The maximum atomic E-state index is 9.56. The van der Waals surface area contributed by atoms with Crippen LogP contribution in [0.25, 0.3) is 0 Å². The molecule has 1 N–H and O–H groups in total. The highest BCUT2D eigenvalue weighted by atomic mass is 16.7. The largest absolute Gasteiger partial charge is 0.389 e. The minimum Gasteiger partial charge on any atom is -0.389 e. The highest BCUT2D eigenvalue weighted by Gasteiger charge is 2.12. The van der Waals surface area contributed by atoms with Crippen LogP contribution in [0.5, 0.6) is 0 Å². The minimum absolute atomic E-state index is 0.146. The van der Waals surface area contributed by atoms with Gasteiger partial charge >= 0.3 is 0 Å². The predicted octanol–water partition coefficient (Wildman–Crippen LogP) is 0.715. The van der Waals surface area contributed by atoms with E-state index in [9.17, 15) is 5.11 Å². The van der Waals surface area contributed by atoms with Crippen LogP contribution in [0.15, 0.2) is 0 Å². The molecule has 0 heterocycles. The first kappa shape index (κ1) is 16.8. The van der Waals surface area contributed by atoms with Crippen molar-refractivity contribution in [2.75, 3.05) is 47.1 Å². The molecule has 0 aliphatic carbocycles. The van der Waals surface area contributed by atoms with E-state index in [1.165, 1.54) is 0 Å². The lowest BCUT2D eigenvalue weighted by Gasteiger charge is -2.23. The first-order valence-corrected chi connectivity index (χ1v) is 6.22. The van der Waals surface area contributed by atoms with Crippen LogP contribution in [0.3, 0.4) is 0 Å². The summed E-state index contributed by atoms with van der Waals surface area (Å²) in [7, 11) is 3.55. The molecule has 0 radical (unpaired) electrons. The van der Waals surface area contributed by atoms with Gasteiger partial charge in [0, 0.05) is 39.8 Å². The van der Waals surface area contributed by atoms with E-state index in [4.69, 9.17) is 14.2 Å². The third-order valence-electron chi connectivity index (χ3n) is 2.33. The van der Waals surface area contributed by atoms with Crippen molar-refractivity contribution in [2.24, 2.45) is 0 Å². The number of hydrogen-bond donors (Lipinski definition) is 1. The van der Waals surface area contributed by atoms with Crippen LogP contribution in [0.1, 0.15) is 20.3 Å². The molecule has 1 atom stereocenters. The Balaban J connectivity index is 3.74. The van der Waals surface area contributed by atoms with Crippen LogP contribution in [-0.2, 0) is 14.2 Å². The first-order chi connectivity index (χ1) is 8.13. The van der Waals surface area contributed by atoms with E-state index in [2.05, 4.69) is 4.90 Å². The molecule has 0 fully saturated rings. The van der Waals surface area contributed by atoms with Gasteiger partial charge in [-0.1, -0.05) is 0 Å². The van der Waals surface area contributed by atoms with E-state index >= 15 is 0 Å². The number of likely N-dealkylation sites (N-methyl/N-ethyl adjacent to an activating group) is 1. The maximum absolute atomic E-state index is 9.56. The molecule has 0 aromatic rings. The Morgan fingerprint density at radius 3 is 2.24 bits per heavy atom. The molecule has 17 heavy (non-hydrogen) atoms. The fourth-order valence-electron chi connectivity index (χ4n) is 1.61. The van der Waals surface area contributed by atoms with Gasteiger partial charge in [0.2, 0.25) is 0 Å². The second-order valence-electron chi connectivity index (χ2n) is 4.00.